The highest BCUT2D eigenvalue weighted by Gasteiger charge is 2.23. The third-order valence-electron chi connectivity index (χ3n) is 3.18. The fourth-order valence-corrected chi connectivity index (χ4v) is 2.18. The number of amides is 1. The summed E-state index contributed by atoms with van der Waals surface area (Å²) < 4.78 is 0. The maximum absolute atomic E-state index is 12.0. The van der Waals surface area contributed by atoms with Gasteiger partial charge in [0.25, 0.3) is 5.91 Å². The van der Waals surface area contributed by atoms with E-state index in [1.165, 1.54) is 24.6 Å². The minimum Gasteiger partial charge on any atom is -0.321 e. The van der Waals surface area contributed by atoms with E-state index in [1.807, 2.05) is 24.3 Å². The second kappa shape index (κ2) is 5.02. The van der Waals surface area contributed by atoms with Crippen molar-refractivity contribution in [2.45, 2.75) is 18.8 Å². The Kier molecular flexibility index (Phi) is 3.22. The predicted molar refractivity (Wildman–Crippen MR) is 75.6 cm³/mol. The summed E-state index contributed by atoms with van der Waals surface area (Å²) in [5, 5.41) is 3.28. The average molecular weight is 273 g/mol. The summed E-state index contributed by atoms with van der Waals surface area (Å²) in [4.78, 5) is 16.0. The lowest BCUT2D eigenvalue weighted by Crippen LogP contribution is -2.11. The molecule has 1 amide bonds. The van der Waals surface area contributed by atoms with Gasteiger partial charge in [-0.05, 0) is 42.5 Å². The molecule has 19 heavy (non-hydrogen) atoms. The third kappa shape index (κ3) is 2.93. The lowest BCUT2D eigenvalue weighted by molar-refractivity contribution is 0.102. The second-order valence-electron chi connectivity index (χ2n) is 4.74. The van der Waals surface area contributed by atoms with Gasteiger partial charge in [-0.1, -0.05) is 23.7 Å². The van der Waals surface area contributed by atoms with Crippen LogP contribution in [0, 0.1) is 0 Å². The van der Waals surface area contributed by atoms with Crippen molar-refractivity contribution in [3.8, 4) is 0 Å². The number of carbonyl (C=O) groups excluding carboxylic acids is 1. The molecular formula is C15H13ClN2O. The fraction of sp³-hybridized carbons (Fsp3) is 0.200. The number of pyridine rings is 1. The van der Waals surface area contributed by atoms with Crippen LogP contribution in [0.15, 0.2) is 42.7 Å². The molecule has 0 atom stereocenters. The highest BCUT2D eigenvalue weighted by Crippen LogP contribution is 2.39. The molecule has 4 heteroatoms. The normalized spacial score (nSPS) is 14.2. The highest BCUT2D eigenvalue weighted by molar-refractivity contribution is 6.30. The molecule has 0 spiro atoms. The summed E-state index contributed by atoms with van der Waals surface area (Å²) in [6.07, 6.45) is 5.63. The third-order valence-corrected chi connectivity index (χ3v) is 3.39. The van der Waals surface area contributed by atoms with Crippen LogP contribution in [-0.4, -0.2) is 10.9 Å². The number of benzene rings is 1. The molecular weight excluding hydrogens is 260 g/mol. The van der Waals surface area contributed by atoms with E-state index in [0.29, 0.717) is 22.2 Å². The molecule has 1 heterocycles. The zero-order chi connectivity index (χ0) is 13.2. The second-order valence-corrected chi connectivity index (χ2v) is 5.18. The molecule has 0 aliphatic heterocycles. The maximum atomic E-state index is 12.0. The SMILES string of the molecule is O=C(Nc1cncc(Cl)c1)c1ccc(C2CC2)cc1. The molecule has 1 aliphatic rings. The van der Waals surface area contributed by atoms with Gasteiger partial charge in [-0.3, -0.25) is 9.78 Å². The Bertz CT molecular complexity index is 606. The first-order valence-electron chi connectivity index (χ1n) is 6.24. The average Bonchev–Trinajstić information content (AvgIpc) is 3.23. The van der Waals surface area contributed by atoms with Crippen LogP contribution in [0.5, 0.6) is 0 Å². The molecule has 0 saturated heterocycles. The van der Waals surface area contributed by atoms with Crippen LogP contribution in [0.25, 0.3) is 0 Å². The van der Waals surface area contributed by atoms with Gasteiger partial charge >= 0.3 is 0 Å². The van der Waals surface area contributed by atoms with Crippen molar-refractivity contribution in [1.82, 2.24) is 4.98 Å². The van der Waals surface area contributed by atoms with Gasteiger partial charge in [-0.15, -0.1) is 0 Å². The topological polar surface area (TPSA) is 42.0 Å². The highest BCUT2D eigenvalue weighted by atomic mass is 35.5. The summed E-state index contributed by atoms with van der Waals surface area (Å²) in [6, 6.07) is 9.46. The fourth-order valence-electron chi connectivity index (χ4n) is 2.01. The van der Waals surface area contributed by atoms with Crippen LogP contribution in [-0.2, 0) is 0 Å². The van der Waals surface area contributed by atoms with Gasteiger partial charge < -0.3 is 5.32 Å². The lowest BCUT2D eigenvalue weighted by atomic mass is 10.1. The van der Waals surface area contributed by atoms with E-state index in [4.69, 9.17) is 11.6 Å². The van der Waals surface area contributed by atoms with Gasteiger partial charge in [0.15, 0.2) is 0 Å². The van der Waals surface area contributed by atoms with Crippen molar-refractivity contribution < 1.29 is 4.79 Å². The first kappa shape index (κ1) is 12.2. The number of nitrogens with zero attached hydrogens (tertiary/aromatic N) is 1. The number of anilines is 1. The van der Waals surface area contributed by atoms with E-state index in [2.05, 4.69) is 10.3 Å². The molecule has 3 rings (SSSR count). The summed E-state index contributed by atoms with van der Waals surface area (Å²) >= 11 is 5.82. The largest absolute Gasteiger partial charge is 0.321 e. The number of nitrogens with one attached hydrogen (secondary N) is 1. The predicted octanol–water partition coefficient (Wildman–Crippen LogP) is 3.86. The van der Waals surface area contributed by atoms with Crippen molar-refractivity contribution in [3.05, 3.63) is 58.9 Å². The van der Waals surface area contributed by atoms with Crippen LogP contribution in [0.4, 0.5) is 5.69 Å². The number of hydrogen-bond donors (Lipinski definition) is 1. The standard InChI is InChI=1S/C15H13ClN2O/c16-13-7-14(9-17-8-13)18-15(19)12-5-3-11(4-6-12)10-1-2-10/h3-10H,1-2H2,(H,18,19). The zero-order valence-electron chi connectivity index (χ0n) is 10.3. The van der Waals surface area contributed by atoms with Gasteiger partial charge in [0, 0.05) is 11.8 Å². The number of rotatable bonds is 3. The number of aromatic nitrogens is 1. The van der Waals surface area contributed by atoms with E-state index in [0.717, 1.165) is 0 Å². The molecule has 0 unspecified atom stereocenters. The molecule has 1 saturated carbocycles. The van der Waals surface area contributed by atoms with Crippen LogP contribution >= 0.6 is 11.6 Å². The molecule has 1 aromatic carbocycles. The summed E-state index contributed by atoms with van der Waals surface area (Å²) in [6.45, 7) is 0. The minimum atomic E-state index is -0.147. The molecule has 1 fully saturated rings. The van der Waals surface area contributed by atoms with Crippen molar-refractivity contribution >= 4 is 23.2 Å². The quantitative estimate of drug-likeness (QED) is 0.922. The summed E-state index contributed by atoms with van der Waals surface area (Å²) in [7, 11) is 0. The zero-order valence-corrected chi connectivity index (χ0v) is 11.0. The van der Waals surface area contributed by atoms with Crippen LogP contribution in [0.1, 0.15) is 34.7 Å². The van der Waals surface area contributed by atoms with Crippen molar-refractivity contribution in [1.29, 1.82) is 0 Å². The van der Waals surface area contributed by atoms with Crippen LogP contribution in [0.2, 0.25) is 5.02 Å². The molecule has 0 radical (unpaired) electrons. The lowest BCUT2D eigenvalue weighted by Gasteiger charge is -2.06. The minimum absolute atomic E-state index is 0.147. The Hall–Kier alpha value is -1.87. The van der Waals surface area contributed by atoms with Gasteiger partial charge in [0.05, 0.1) is 16.9 Å². The van der Waals surface area contributed by atoms with Gasteiger partial charge in [0.2, 0.25) is 0 Å². The van der Waals surface area contributed by atoms with E-state index < -0.39 is 0 Å². The molecule has 0 bridgehead atoms. The van der Waals surface area contributed by atoms with Gasteiger partial charge in [-0.25, -0.2) is 0 Å². The Morgan fingerprint density at radius 3 is 2.58 bits per heavy atom. The van der Waals surface area contributed by atoms with E-state index in [1.54, 1.807) is 12.3 Å². The Morgan fingerprint density at radius 2 is 1.95 bits per heavy atom. The Morgan fingerprint density at radius 1 is 1.21 bits per heavy atom. The number of hydrogen-bond acceptors (Lipinski definition) is 2. The van der Waals surface area contributed by atoms with Gasteiger partial charge in [-0.2, -0.15) is 0 Å². The maximum Gasteiger partial charge on any atom is 0.255 e. The van der Waals surface area contributed by atoms with E-state index in [-0.39, 0.29) is 5.91 Å². The van der Waals surface area contributed by atoms with Crippen LogP contribution in [0.3, 0.4) is 0 Å². The molecule has 1 aromatic heterocycles. The monoisotopic (exact) mass is 272 g/mol. The summed E-state index contributed by atoms with van der Waals surface area (Å²) in [5.41, 5.74) is 2.56. The van der Waals surface area contributed by atoms with Crippen molar-refractivity contribution in [2.24, 2.45) is 0 Å². The molecule has 3 nitrogen and oxygen atoms in total. The summed E-state index contributed by atoms with van der Waals surface area (Å²) in [5.74, 6) is 0.556. The molecule has 96 valence electrons. The van der Waals surface area contributed by atoms with E-state index >= 15 is 0 Å². The van der Waals surface area contributed by atoms with Crippen LogP contribution < -0.4 is 5.32 Å². The number of halogens is 1. The Balaban J connectivity index is 1.72. The smallest absolute Gasteiger partial charge is 0.255 e. The van der Waals surface area contributed by atoms with Crippen molar-refractivity contribution in [2.75, 3.05) is 5.32 Å². The molecule has 1 aliphatic carbocycles. The van der Waals surface area contributed by atoms with E-state index in [9.17, 15) is 4.79 Å². The van der Waals surface area contributed by atoms with Gasteiger partial charge in [0.1, 0.15) is 0 Å². The van der Waals surface area contributed by atoms with Crippen molar-refractivity contribution in [3.63, 3.8) is 0 Å². The molecule has 1 N–H and O–H groups in total. The first-order valence-corrected chi connectivity index (χ1v) is 6.62. The number of carbonyl (C=O) groups is 1. The molecule has 2 aromatic rings. The first-order chi connectivity index (χ1) is 9.22. The Labute approximate surface area is 116 Å².